The summed E-state index contributed by atoms with van der Waals surface area (Å²) in [5.74, 6) is -1.09. The van der Waals surface area contributed by atoms with E-state index in [1.165, 1.54) is 23.9 Å². The highest BCUT2D eigenvalue weighted by Gasteiger charge is 2.16. The van der Waals surface area contributed by atoms with Crippen molar-refractivity contribution in [2.45, 2.75) is 6.61 Å². The first-order valence-electron chi connectivity index (χ1n) is 3.41. The number of aromatic nitrogens is 1. The van der Waals surface area contributed by atoms with Gasteiger partial charge >= 0.3 is 12.6 Å². The molecule has 1 rings (SSSR count). The highest BCUT2D eigenvalue weighted by molar-refractivity contribution is 5.89. The van der Waals surface area contributed by atoms with Crippen LogP contribution < -0.4 is 5.73 Å². The Balaban J connectivity index is 2.82. The number of carbonyl (C=O) groups is 1. The van der Waals surface area contributed by atoms with Crippen molar-refractivity contribution in [1.82, 2.24) is 4.57 Å². The zero-order chi connectivity index (χ0) is 10.0. The molecule has 0 fully saturated rings. The first-order chi connectivity index (χ1) is 6.00. The van der Waals surface area contributed by atoms with Gasteiger partial charge in [-0.25, -0.2) is 4.79 Å². The molecular formula is C7H8F2N2O2. The van der Waals surface area contributed by atoms with Crippen molar-refractivity contribution in [3.8, 4) is 0 Å². The molecule has 0 radical (unpaired) electrons. The van der Waals surface area contributed by atoms with Crippen molar-refractivity contribution >= 4 is 11.7 Å². The number of esters is 1. The molecule has 2 N–H and O–H groups in total. The lowest BCUT2D eigenvalue weighted by molar-refractivity contribution is -0.0911. The summed E-state index contributed by atoms with van der Waals surface area (Å²) in [5, 5.41) is 0. The second-order valence-corrected chi connectivity index (χ2v) is 2.44. The Labute approximate surface area is 72.9 Å². The number of aryl methyl sites for hydroxylation is 1. The molecule has 0 atom stereocenters. The van der Waals surface area contributed by atoms with E-state index in [0.29, 0.717) is 5.69 Å². The van der Waals surface area contributed by atoms with Crippen LogP contribution in [-0.2, 0) is 11.8 Å². The zero-order valence-electron chi connectivity index (χ0n) is 6.83. The Morgan fingerprint density at radius 3 is 2.69 bits per heavy atom. The Bertz CT molecular complexity index is 322. The van der Waals surface area contributed by atoms with Crippen molar-refractivity contribution in [1.29, 1.82) is 0 Å². The molecule has 13 heavy (non-hydrogen) atoms. The number of alkyl halides is 2. The average molecular weight is 190 g/mol. The minimum absolute atomic E-state index is 0.00204. The van der Waals surface area contributed by atoms with Gasteiger partial charge in [-0.15, -0.1) is 0 Å². The maximum atomic E-state index is 11.6. The molecule has 0 aliphatic carbocycles. The van der Waals surface area contributed by atoms with Crippen LogP contribution in [0.5, 0.6) is 0 Å². The number of nitrogens with two attached hydrogens (primary N) is 1. The molecule has 1 aromatic heterocycles. The Morgan fingerprint density at radius 1 is 1.69 bits per heavy atom. The molecule has 0 aliphatic heterocycles. The number of hydrogen-bond acceptors (Lipinski definition) is 3. The second kappa shape index (κ2) is 3.42. The van der Waals surface area contributed by atoms with E-state index in [0.717, 1.165) is 0 Å². The van der Waals surface area contributed by atoms with Gasteiger partial charge in [0, 0.05) is 13.2 Å². The number of nitrogen functional groups attached to an aromatic ring is 1. The summed E-state index contributed by atoms with van der Waals surface area (Å²) >= 11 is 0. The van der Waals surface area contributed by atoms with Crippen LogP contribution in [0.1, 0.15) is 10.5 Å². The maximum Gasteiger partial charge on any atom is 0.389 e. The van der Waals surface area contributed by atoms with E-state index >= 15 is 0 Å². The van der Waals surface area contributed by atoms with Crippen LogP contribution >= 0.6 is 0 Å². The number of carbonyl (C=O) groups excluding carboxylic acids is 1. The van der Waals surface area contributed by atoms with Crippen LogP contribution in [0, 0.1) is 0 Å². The van der Waals surface area contributed by atoms with Crippen LogP contribution in [0.4, 0.5) is 14.5 Å². The summed E-state index contributed by atoms with van der Waals surface area (Å²) in [5.41, 5.74) is 5.65. The van der Waals surface area contributed by atoms with Gasteiger partial charge in [0.1, 0.15) is 5.69 Å². The Morgan fingerprint density at radius 2 is 2.31 bits per heavy atom. The summed E-state index contributed by atoms with van der Waals surface area (Å²) in [6.07, 6.45) is 1.43. The summed E-state index contributed by atoms with van der Waals surface area (Å²) in [6, 6.07) is 1.27. The predicted octanol–water partition coefficient (Wildman–Crippen LogP) is 0.987. The summed E-state index contributed by atoms with van der Waals surface area (Å²) in [7, 11) is 1.51. The van der Waals surface area contributed by atoms with Gasteiger partial charge in [-0.2, -0.15) is 8.78 Å². The normalized spacial score (nSPS) is 10.5. The largest absolute Gasteiger partial charge is 0.398 e. The minimum atomic E-state index is -3.11. The van der Waals surface area contributed by atoms with Crippen molar-refractivity contribution in [2.75, 3.05) is 5.73 Å². The monoisotopic (exact) mass is 190 g/mol. The van der Waals surface area contributed by atoms with Gasteiger partial charge in [0.2, 0.25) is 0 Å². The van der Waals surface area contributed by atoms with Gasteiger partial charge in [0.25, 0.3) is 0 Å². The molecule has 72 valence electrons. The number of rotatable bonds is 2. The predicted molar refractivity (Wildman–Crippen MR) is 41.2 cm³/mol. The van der Waals surface area contributed by atoms with Crippen molar-refractivity contribution in [2.24, 2.45) is 7.05 Å². The molecule has 6 heteroatoms. The van der Waals surface area contributed by atoms with E-state index in [1.54, 1.807) is 0 Å². The SMILES string of the molecule is Cn1cc(N)cc1C(=O)OC(F)F. The smallest absolute Gasteiger partial charge is 0.389 e. The van der Waals surface area contributed by atoms with E-state index in [2.05, 4.69) is 4.74 Å². The maximum absolute atomic E-state index is 11.6. The highest BCUT2D eigenvalue weighted by atomic mass is 19.3. The molecule has 0 unspecified atom stereocenters. The first-order valence-corrected chi connectivity index (χ1v) is 3.41. The Kier molecular flexibility index (Phi) is 2.50. The number of ether oxygens (including phenoxy) is 1. The lowest BCUT2D eigenvalue weighted by Crippen LogP contribution is -2.12. The molecule has 0 saturated carbocycles. The van der Waals surface area contributed by atoms with Crippen LogP contribution in [-0.4, -0.2) is 17.1 Å². The van der Waals surface area contributed by atoms with E-state index in [4.69, 9.17) is 5.73 Å². The fourth-order valence-electron chi connectivity index (χ4n) is 0.934. The van der Waals surface area contributed by atoms with Crippen molar-refractivity contribution in [3.63, 3.8) is 0 Å². The van der Waals surface area contributed by atoms with Crippen LogP contribution in [0.15, 0.2) is 12.3 Å². The molecule has 4 nitrogen and oxygen atoms in total. The highest BCUT2D eigenvalue weighted by Crippen LogP contribution is 2.11. The fraction of sp³-hybridized carbons (Fsp3) is 0.286. The standard InChI is InChI=1S/C7H8F2N2O2/c1-11-3-4(10)2-5(11)6(12)13-7(8)9/h2-3,7H,10H2,1H3. The summed E-state index contributed by atoms with van der Waals surface area (Å²) in [6.45, 7) is -3.11. The molecular weight excluding hydrogens is 182 g/mol. The minimum Gasteiger partial charge on any atom is -0.398 e. The second-order valence-electron chi connectivity index (χ2n) is 2.44. The fourth-order valence-corrected chi connectivity index (χ4v) is 0.934. The van der Waals surface area contributed by atoms with Gasteiger partial charge in [-0.05, 0) is 6.07 Å². The van der Waals surface area contributed by atoms with Gasteiger partial charge in [-0.1, -0.05) is 0 Å². The Hall–Kier alpha value is -1.59. The molecule has 0 bridgehead atoms. The topological polar surface area (TPSA) is 57.2 Å². The third-order valence-corrected chi connectivity index (χ3v) is 1.43. The molecule has 0 aliphatic rings. The molecule has 0 spiro atoms. The van der Waals surface area contributed by atoms with Crippen LogP contribution in [0.3, 0.4) is 0 Å². The molecule has 0 saturated heterocycles. The number of anilines is 1. The summed E-state index contributed by atoms with van der Waals surface area (Å²) < 4.78 is 28.3. The van der Waals surface area contributed by atoms with E-state index in [-0.39, 0.29) is 5.69 Å². The van der Waals surface area contributed by atoms with Crippen molar-refractivity contribution in [3.05, 3.63) is 18.0 Å². The van der Waals surface area contributed by atoms with Gasteiger partial charge in [0.15, 0.2) is 0 Å². The van der Waals surface area contributed by atoms with E-state index in [9.17, 15) is 13.6 Å². The van der Waals surface area contributed by atoms with E-state index in [1.807, 2.05) is 0 Å². The molecule has 1 heterocycles. The van der Waals surface area contributed by atoms with Gasteiger partial charge in [-0.3, -0.25) is 0 Å². The molecule has 1 aromatic rings. The summed E-state index contributed by atoms with van der Waals surface area (Å²) in [4.78, 5) is 10.9. The van der Waals surface area contributed by atoms with Crippen molar-refractivity contribution < 1.29 is 18.3 Å². The van der Waals surface area contributed by atoms with Gasteiger partial charge < -0.3 is 15.0 Å². The zero-order valence-corrected chi connectivity index (χ0v) is 6.83. The number of nitrogens with zero attached hydrogens (tertiary/aromatic N) is 1. The van der Waals surface area contributed by atoms with Crippen LogP contribution in [0.2, 0.25) is 0 Å². The third kappa shape index (κ3) is 2.17. The van der Waals surface area contributed by atoms with Crippen LogP contribution in [0.25, 0.3) is 0 Å². The molecule has 0 amide bonds. The lowest BCUT2D eigenvalue weighted by atomic mass is 10.4. The number of halogens is 2. The van der Waals surface area contributed by atoms with E-state index < -0.39 is 12.6 Å². The third-order valence-electron chi connectivity index (χ3n) is 1.43. The average Bonchev–Trinajstić information content (AvgIpc) is 2.28. The molecule has 0 aromatic carbocycles. The number of hydrogen-bond donors (Lipinski definition) is 1. The quantitative estimate of drug-likeness (QED) is 0.707. The lowest BCUT2D eigenvalue weighted by Gasteiger charge is -2.02. The van der Waals surface area contributed by atoms with Gasteiger partial charge in [0.05, 0.1) is 5.69 Å². The first kappa shape index (κ1) is 9.50.